The molecule has 1 fully saturated rings. The number of rotatable bonds is 3. The fourth-order valence-electron chi connectivity index (χ4n) is 3.31. The maximum atomic E-state index is 13.0. The number of H-pyrrole nitrogens is 1. The summed E-state index contributed by atoms with van der Waals surface area (Å²) in [5.74, 6) is -0.454. The van der Waals surface area contributed by atoms with Crippen LogP contribution < -0.4 is 0 Å². The largest absolute Gasteiger partial charge is 0.345 e. The number of benzene rings is 2. The zero-order chi connectivity index (χ0) is 18.8. The van der Waals surface area contributed by atoms with Crippen LogP contribution in [-0.4, -0.2) is 57.8 Å². The number of fused-ring (bicyclic) bond motifs is 1. The lowest BCUT2D eigenvalue weighted by Crippen LogP contribution is -2.51. The average Bonchev–Trinajstić information content (AvgIpc) is 3.16. The Balaban J connectivity index is 1.34. The summed E-state index contributed by atoms with van der Waals surface area (Å²) in [5.41, 5.74) is 3.18. The van der Waals surface area contributed by atoms with Crippen molar-refractivity contribution in [2.45, 2.75) is 6.42 Å². The molecular weight excluding hydrogens is 347 g/mol. The number of nitrogens with one attached hydrogen (secondary N) is 1. The topological polar surface area (TPSA) is 69.3 Å². The number of imidazole rings is 1. The first kappa shape index (κ1) is 17.2. The van der Waals surface area contributed by atoms with Gasteiger partial charge in [0.05, 0.1) is 23.8 Å². The van der Waals surface area contributed by atoms with E-state index in [1.807, 2.05) is 18.2 Å². The van der Waals surface area contributed by atoms with Gasteiger partial charge in [-0.3, -0.25) is 9.59 Å². The Labute approximate surface area is 155 Å². The molecule has 0 radical (unpaired) electrons. The van der Waals surface area contributed by atoms with Crippen molar-refractivity contribution < 1.29 is 14.0 Å². The van der Waals surface area contributed by atoms with Crippen molar-refractivity contribution in [2.75, 3.05) is 26.2 Å². The van der Waals surface area contributed by atoms with E-state index < -0.39 is 0 Å². The highest BCUT2D eigenvalue weighted by molar-refractivity contribution is 5.94. The van der Waals surface area contributed by atoms with Gasteiger partial charge in [0.1, 0.15) is 5.82 Å². The van der Waals surface area contributed by atoms with Gasteiger partial charge in [0, 0.05) is 31.7 Å². The number of hydrogen-bond acceptors (Lipinski definition) is 3. The highest BCUT2D eigenvalue weighted by atomic mass is 19.1. The summed E-state index contributed by atoms with van der Waals surface area (Å²) in [5, 5.41) is 0. The Hall–Kier alpha value is -3.22. The molecule has 2 heterocycles. The van der Waals surface area contributed by atoms with Crippen LogP contribution in [0.3, 0.4) is 0 Å². The molecule has 1 N–H and O–H groups in total. The minimum absolute atomic E-state index is 0.0442. The van der Waals surface area contributed by atoms with E-state index in [9.17, 15) is 14.0 Å². The van der Waals surface area contributed by atoms with Crippen molar-refractivity contribution in [2.24, 2.45) is 0 Å². The van der Waals surface area contributed by atoms with Gasteiger partial charge in [0.25, 0.3) is 5.91 Å². The smallest absolute Gasteiger partial charge is 0.253 e. The molecule has 1 aliphatic heterocycles. The van der Waals surface area contributed by atoms with Crippen LogP contribution >= 0.6 is 0 Å². The Bertz CT molecular complexity index is 975. The highest BCUT2D eigenvalue weighted by Gasteiger charge is 2.25. The fraction of sp³-hybridized carbons (Fsp3) is 0.250. The Morgan fingerprint density at radius 1 is 1.00 bits per heavy atom. The molecule has 0 unspecified atom stereocenters. The van der Waals surface area contributed by atoms with E-state index >= 15 is 0 Å². The molecule has 0 atom stereocenters. The van der Waals surface area contributed by atoms with Crippen LogP contribution in [0.2, 0.25) is 0 Å². The number of carbonyl (C=O) groups is 2. The van der Waals surface area contributed by atoms with Gasteiger partial charge in [0.15, 0.2) is 0 Å². The van der Waals surface area contributed by atoms with E-state index in [0.717, 1.165) is 16.6 Å². The number of aromatic amines is 1. The van der Waals surface area contributed by atoms with Gasteiger partial charge in [-0.2, -0.15) is 0 Å². The number of nitrogens with zero attached hydrogens (tertiary/aromatic N) is 3. The number of halogens is 1. The van der Waals surface area contributed by atoms with Crippen LogP contribution in [0.25, 0.3) is 11.0 Å². The maximum absolute atomic E-state index is 13.0. The summed E-state index contributed by atoms with van der Waals surface area (Å²) >= 11 is 0. The lowest BCUT2D eigenvalue weighted by atomic mass is 10.1. The van der Waals surface area contributed by atoms with Crippen molar-refractivity contribution in [1.82, 2.24) is 19.8 Å². The molecule has 0 aliphatic carbocycles. The molecule has 138 valence electrons. The first-order valence-corrected chi connectivity index (χ1v) is 8.85. The SMILES string of the molecule is O=C(Cc1ccc2nc[nH]c2c1)N1CCN(C(=O)c2ccc(F)cc2)CC1. The molecule has 0 spiro atoms. The van der Waals surface area contributed by atoms with E-state index in [4.69, 9.17) is 0 Å². The van der Waals surface area contributed by atoms with E-state index in [0.29, 0.717) is 38.2 Å². The number of hydrogen-bond donors (Lipinski definition) is 1. The second-order valence-electron chi connectivity index (χ2n) is 6.61. The lowest BCUT2D eigenvalue weighted by molar-refractivity contribution is -0.131. The zero-order valence-corrected chi connectivity index (χ0v) is 14.7. The zero-order valence-electron chi connectivity index (χ0n) is 14.7. The van der Waals surface area contributed by atoms with Crippen molar-refractivity contribution in [3.05, 3.63) is 65.7 Å². The Kier molecular flexibility index (Phi) is 4.58. The molecule has 1 aliphatic rings. The van der Waals surface area contributed by atoms with Crippen LogP contribution in [0.1, 0.15) is 15.9 Å². The molecule has 7 heteroatoms. The minimum atomic E-state index is -0.365. The van der Waals surface area contributed by atoms with Gasteiger partial charge in [-0.05, 0) is 42.0 Å². The van der Waals surface area contributed by atoms with Crippen LogP contribution in [0.4, 0.5) is 4.39 Å². The predicted octanol–water partition coefficient (Wildman–Crippen LogP) is 2.23. The summed E-state index contributed by atoms with van der Waals surface area (Å²) in [6, 6.07) is 11.3. The molecule has 0 bridgehead atoms. The second-order valence-corrected chi connectivity index (χ2v) is 6.61. The summed E-state index contributed by atoms with van der Waals surface area (Å²) < 4.78 is 13.0. The lowest BCUT2D eigenvalue weighted by Gasteiger charge is -2.35. The van der Waals surface area contributed by atoms with Crippen molar-refractivity contribution in [3.63, 3.8) is 0 Å². The fourth-order valence-corrected chi connectivity index (χ4v) is 3.31. The standard InChI is InChI=1S/C20H19FN4O2/c21-16-4-2-15(3-5-16)20(27)25-9-7-24(8-10-25)19(26)12-14-1-6-17-18(11-14)23-13-22-17/h1-6,11,13H,7-10,12H2,(H,22,23). The van der Waals surface area contributed by atoms with Gasteiger partial charge in [0.2, 0.25) is 5.91 Å². The molecule has 2 aromatic carbocycles. The Morgan fingerprint density at radius 3 is 2.44 bits per heavy atom. The summed E-state index contributed by atoms with van der Waals surface area (Å²) in [4.78, 5) is 35.8. The van der Waals surface area contributed by atoms with Crippen molar-refractivity contribution in [1.29, 1.82) is 0 Å². The molecular formula is C20H19FN4O2. The van der Waals surface area contributed by atoms with E-state index in [-0.39, 0.29) is 17.6 Å². The third-order valence-electron chi connectivity index (χ3n) is 4.85. The maximum Gasteiger partial charge on any atom is 0.253 e. The summed E-state index contributed by atoms with van der Waals surface area (Å²) in [6.45, 7) is 1.94. The second kappa shape index (κ2) is 7.19. The van der Waals surface area contributed by atoms with E-state index in [1.54, 1.807) is 16.1 Å². The third kappa shape index (κ3) is 3.67. The quantitative estimate of drug-likeness (QED) is 0.773. The minimum Gasteiger partial charge on any atom is -0.345 e. The van der Waals surface area contributed by atoms with Crippen LogP contribution in [0, 0.1) is 5.82 Å². The van der Waals surface area contributed by atoms with Gasteiger partial charge < -0.3 is 14.8 Å². The highest BCUT2D eigenvalue weighted by Crippen LogP contribution is 2.14. The van der Waals surface area contributed by atoms with Crippen molar-refractivity contribution >= 4 is 22.8 Å². The van der Waals surface area contributed by atoms with Crippen LogP contribution in [-0.2, 0) is 11.2 Å². The number of aromatic nitrogens is 2. The normalized spacial score (nSPS) is 14.6. The summed E-state index contributed by atoms with van der Waals surface area (Å²) in [6.07, 6.45) is 1.95. The molecule has 6 nitrogen and oxygen atoms in total. The molecule has 27 heavy (non-hydrogen) atoms. The first-order chi connectivity index (χ1) is 13.1. The van der Waals surface area contributed by atoms with Gasteiger partial charge in [-0.15, -0.1) is 0 Å². The van der Waals surface area contributed by atoms with Crippen molar-refractivity contribution in [3.8, 4) is 0 Å². The molecule has 0 saturated carbocycles. The monoisotopic (exact) mass is 366 g/mol. The third-order valence-corrected chi connectivity index (χ3v) is 4.85. The van der Waals surface area contributed by atoms with Crippen LogP contribution in [0.5, 0.6) is 0 Å². The first-order valence-electron chi connectivity index (χ1n) is 8.85. The number of carbonyl (C=O) groups excluding carboxylic acids is 2. The molecule has 1 aromatic heterocycles. The average molecular weight is 366 g/mol. The van der Waals surface area contributed by atoms with Crippen LogP contribution in [0.15, 0.2) is 48.8 Å². The van der Waals surface area contributed by atoms with Gasteiger partial charge >= 0.3 is 0 Å². The van der Waals surface area contributed by atoms with E-state index in [1.165, 1.54) is 24.3 Å². The molecule has 1 saturated heterocycles. The Morgan fingerprint density at radius 2 is 1.70 bits per heavy atom. The summed E-state index contributed by atoms with van der Waals surface area (Å²) in [7, 11) is 0. The van der Waals surface area contributed by atoms with E-state index in [2.05, 4.69) is 9.97 Å². The number of piperazine rings is 1. The molecule has 4 rings (SSSR count). The van der Waals surface area contributed by atoms with Gasteiger partial charge in [-0.1, -0.05) is 6.07 Å². The predicted molar refractivity (Wildman–Crippen MR) is 98.7 cm³/mol. The van der Waals surface area contributed by atoms with Gasteiger partial charge in [-0.25, -0.2) is 9.37 Å². The molecule has 3 aromatic rings. The molecule has 2 amide bonds. The number of amides is 2.